The average Bonchev–Trinajstić information content (AvgIpc) is 2.01. The van der Waals surface area contributed by atoms with Crippen LogP contribution >= 0.6 is 0 Å². The molecule has 0 rings (SSSR count). The zero-order valence-corrected chi connectivity index (χ0v) is 7.76. The van der Waals surface area contributed by atoms with Crippen molar-refractivity contribution in [3.05, 3.63) is 30.1 Å². The van der Waals surface area contributed by atoms with Crippen LogP contribution < -0.4 is 0 Å². The van der Waals surface area contributed by atoms with Gasteiger partial charge in [-0.05, 0) is 26.8 Å². The predicted molar refractivity (Wildman–Crippen MR) is 49.4 cm³/mol. The Balaban J connectivity index is 4.56. The van der Waals surface area contributed by atoms with E-state index >= 15 is 0 Å². The molecule has 0 aliphatic heterocycles. The Labute approximate surface area is 73.2 Å². The molecule has 0 saturated heterocycles. The molecule has 0 unspecified atom stereocenters. The van der Waals surface area contributed by atoms with E-state index in [0.717, 1.165) is 0 Å². The fourth-order valence-corrected chi connectivity index (χ4v) is 0.664. The van der Waals surface area contributed by atoms with Crippen LogP contribution in [0.5, 0.6) is 0 Å². The summed E-state index contributed by atoms with van der Waals surface area (Å²) in [5, 5.41) is 0. The van der Waals surface area contributed by atoms with Gasteiger partial charge in [0.25, 0.3) is 0 Å². The van der Waals surface area contributed by atoms with Gasteiger partial charge in [0.1, 0.15) is 11.7 Å². The number of allylic oxidation sites excluding steroid dienone is 3. The number of carbonyl (C=O) groups excluding carboxylic acids is 1. The first-order chi connectivity index (χ1) is 5.61. The van der Waals surface area contributed by atoms with Gasteiger partial charge in [0.15, 0.2) is 0 Å². The second-order valence-electron chi connectivity index (χ2n) is 2.66. The van der Waals surface area contributed by atoms with Crippen LogP contribution in [0.4, 0.5) is 0 Å². The quantitative estimate of drug-likeness (QED) is 0.364. The van der Waals surface area contributed by atoms with E-state index in [0.29, 0.717) is 11.3 Å². The molecule has 0 atom stereocenters. The largest absolute Gasteiger partial charge is 0.490 e. The molecule has 0 bridgehead atoms. The molecule has 0 saturated carbocycles. The zero-order valence-electron chi connectivity index (χ0n) is 7.76. The Morgan fingerprint density at radius 3 is 2.50 bits per heavy atom. The van der Waals surface area contributed by atoms with Crippen molar-refractivity contribution in [2.75, 3.05) is 0 Å². The minimum Gasteiger partial charge on any atom is -0.490 e. The number of rotatable bonds is 4. The maximum Gasteiger partial charge on any atom is 0.133 e. The predicted octanol–water partition coefficient (Wildman–Crippen LogP) is 2.26. The summed E-state index contributed by atoms with van der Waals surface area (Å²) in [5.41, 5.74) is 0.462. The smallest absolute Gasteiger partial charge is 0.133 e. The topological polar surface area (TPSA) is 26.3 Å². The summed E-state index contributed by atoms with van der Waals surface area (Å²) in [6, 6.07) is 0. The third-order valence-electron chi connectivity index (χ3n) is 1.15. The molecule has 12 heavy (non-hydrogen) atoms. The monoisotopic (exact) mass is 166 g/mol. The Morgan fingerprint density at radius 2 is 2.17 bits per heavy atom. The van der Waals surface area contributed by atoms with Crippen molar-refractivity contribution in [1.29, 1.82) is 0 Å². The summed E-state index contributed by atoms with van der Waals surface area (Å²) in [4.78, 5) is 10.3. The zero-order chi connectivity index (χ0) is 9.56. The van der Waals surface area contributed by atoms with E-state index in [4.69, 9.17) is 4.74 Å². The lowest BCUT2D eigenvalue weighted by Gasteiger charge is -2.11. The molecule has 0 amide bonds. The van der Waals surface area contributed by atoms with Crippen LogP contribution in [0, 0.1) is 0 Å². The third-order valence-corrected chi connectivity index (χ3v) is 1.15. The van der Waals surface area contributed by atoms with Crippen LogP contribution in [0.1, 0.15) is 20.8 Å². The Hall–Kier alpha value is -1.27. The van der Waals surface area contributed by atoms with Crippen LogP contribution in [-0.4, -0.2) is 12.0 Å². The molecule has 0 aromatic carbocycles. The molecule has 0 heterocycles. The van der Waals surface area contributed by atoms with Crippen LogP contribution in [0.2, 0.25) is 0 Å². The minimum absolute atomic E-state index is 0.0551. The summed E-state index contributed by atoms with van der Waals surface area (Å²) in [6.07, 6.45) is 3.29. The van der Waals surface area contributed by atoms with Crippen molar-refractivity contribution >= 4 is 5.94 Å². The summed E-state index contributed by atoms with van der Waals surface area (Å²) < 4.78 is 5.33. The van der Waals surface area contributed by atoms with Crippen LogP contribution in [0.3, 0.4) is 0 Å². The maximum absolute atomic E-state index is 10.3. The van der Waals surface area contributed by atoms with E-state index in [9.17, 15) is 4.79 Å². The Bertz CT molecular complexity index is 230. The summed E-state index contributed by atoms with van der Waals surface area (Å²) in [7, 11) is 0. The molecule has 0 aliphatic rings. The highest BCUT2D eigenvalue weighted by Gasteiger charge is 2.03. The molecule has 0 aromatic heterocycles. The van der Waals surface area contributed by atoms with Gasteiger partial charge in [-0.2, -0.15) is 0 Å². The standard InChI is InChI=1S/C10H14O2/c1-5-6-10(9(4)7-11)12-8(2)3/h5-6,8H,1H2,2-4H3/b10-6+. The molecule has 2 heteroatoms. The first-order valence-electron chi connectivity index (χ1n) is 3.83. The SMILES string of the molecule is C=C/C=C(/OC(C)C)C(C)=C=O. The molecule has 0 spiro atoms. The van der Waals surface area contributed by atoms with E-state index < -0.39 is 0 Å². The first-order valence-corrected chi connectivity index (χ1v) is 3.83. The summed E-state index contributed by atoms with van der Waals surface area (Å²) >= 11 is 0. The second kappa shape index (κ2) is 5.39. The third kappa shape index (κ3) is 3.79. The van der Waals surface area contributed by atoms with Crippen molar-refractivity contribution in [3.63, 3.8) is 0 Å². The van der Waals surface area contributed by atoms with E-state index in [1.807, 2.05) is 13.8 Å². The first kappa shape index (κ1) is 10.7. The van der Waals surface area contributed by atoms with Crippen LogP contribution in [0.15, 0.2) is 30.1 Å². The molecule has 2 nitrogen and oxygen atoms in total. The van der Waals surface area contributed by atoms with Crippen molar-refractivity contribution < 1.29 is 9.53 Å². The van der Waals surface area contributed by atoms with Crippen LogP contribution in [0.25, 0.3) is 0 Å². The average molecular weight is 166 g/mol. The van der Waals surface area contributed by atoms with Gasteiger partial charge in [0.2, 0.25) is 0 Å². The van der Waals surface area contributed by atoms with Gasteiger partial charge in [-0.1, -0.05) is 12.7 Å². The number of hydrogen-bond acceptors (Lipinski definition) is 2. The maximum atomic E-state index is 10.3. The lowest BCUT2D eigenvalue weighted by atomic mass is 10.2. The van der Waals surface area contributed by atoms with Crippen molar-refractivity contribution in [3.8, 4) is 0 Å². The molecule has 66 valence electrons. The molecule has 0 aromatic rings. The van der Waals surface area contributed by atoms with Gasteiger partial charge in [0, 0.05) is 0 Å². The summed E-state index contributed by atoms with van der Waals surface area (Å²) in [6.45, 7) is 8.98. The van der Waals surface area contributed by atoms with Gasteiger partial charge in [-0.3, -0.25) is 0 Å². The van der Waals surface area contributed by atoms with Crippen molar-refractivity contribution in [1.82, 2.24) is 0 Å². The van der Waals surface area contributed by atoms with Gasteiger partial charge in [-0.15, -0.1) is 0 Å². The number of hydrogen-bond donors (Lipinski definition) is 0. The highest BCUT2D eigenvalue weighted by molar-refractivity contribution is 5.58. The lowest BCUT2D eigenvalue weighted by molar-refractivity contribution is 0.154. The van der Waals surface area contributed by atoms with Crippen molar-refractivity contribution in [2.45, 2.75) is 26.9 Å². The molecular weight excluding hydrogens is 152 g/mol. The molecule has 0 fully saturated rings. The summed E-state index contributed by atoms with van der Waals surface area (Å²) in [5.74, 6) is 2.32. The highest BCUT2D eigenvalue weighted by atomic mass is 16.5. The van der Waals surface area contributed by atoms with Gasteiger partial charge in [0.05, 0.1) is 11.7 Å². The van der Waals surface area contributed by atoms with Crippen molar-refractivity contribution in [2.24, 2.45) is 0 Å². The highest BCUT2D eigenvalue weighted by Crippen LogP contribution is 2.10. The molecule has 0 N–H and O–H groups in total. The Kier molecular flexibility index (Phi) is 4.82. The number of ether oxygens (including phenoxy) is 1. The van der Waals surface area contributed by atoms with Crippen LogP contribution in [-0.2, 0) is 9.53 Å². The van der Waals surface area contributed by atoms with Gasteiger partial charge < -0.3 is 4.74 Å². The van der Waals surface area contributed by atoms with Gasteiger partial charge in [-0.25, -0.2) is 4.79 Å². The molecule has 0 aliphatic carbocycles. The lowest BCUT2D eigenvalue weighted by Crippen LogP contribution is -2.03. The fraction of sp³-hybridized carbons (Fsp3) is 0.400. The van der Waals surface area contributed by atoms with Gasteiger partial charge >= 0.3 is 0 Å². The Morgan fingerprint density at radius 1 is 1.58 bits per heavy atom. The minimum atomic E-state index is 0.0551. The fourth-order valence-electron chi connectivity index (χ4n) is 0.664. The normalized spacial score (nSPS) is 10.8. The van der Waals surface area contributed by atoms with E-state index in [-0.39, 0.29) is 6.10 Å². The van der Waals surface area contributed by atoms with E-state index in [1.165, 1.54) is 0 Å². The van der Waals surface area contributed by atoms with E-state index in [1.54, 1.807) is 25.0 Å². The van der Waals surface area contributed by atoms with E-state index in [2.05, 4.69) is 6.58 Å². The second-order valence-corrected chi connectivity index (χ2v) is 2.66. The molecule has 0 radical (unpaired) electrons. The molecular formula is C10H14O2.